The van der Waals surface area contributed by atoms with Gasteiger partial charge < -0.3 is 8.92 Å². The van der Waals surface area contributed by atoms with Crippen molar-refractivity contribution in [3.63, 3.8) is 0 Å². The number of fused-ring (bicyclic) bond motifs is 1. The van der Waals surface area contributed by atoms with E-state index in [1.54, 1.807) is 6.08 Å². The molecule has 0 radical (unpaired) electrons. The van der Waals surface area contributed by atoms with Gasteiger partial charge in [0.2, 0.25) is 34.8 Å². The summed E-state index contributed by atoms with van der Waals surface area (Å²) in [6.45, 7) is -0.157. The number of benzene rings is 3. The van der Waals surface area contributed by atoms with Gasteiger partial charge in [-0.15, -0.1) is 0 Å². The molecule has 0 N–H and O–H groups in total. The van der Waals surface area contributed by atoms with E-state index in [-0.39, 0.29) is 23.5 Å². The lowest BCUT2D eigenvalue weighted by Gasteiger charge is -2.22. The number of alkyl halides is 3. The monoisotopic (exact) mass is 602 g/mol. The van der Waals surface area contributed by atoms with Gasteiger partial charge in [-0.25, -0.2) is 13.2 Å². The van der Waals surface area contributed by atoms with E-state index in [2.05, 4.69) is 9.28 Å². The van der Waals surface area contributed by atoms with Crippen molar-refractivity contribution in [1.29, 1.82) is 0 Å². The van der Waals surface area contributed by atoms with E-state index in [9.17, 15) is 43.5 Å². The molecule has 214 valence electrons. The van der Waals surface area contributed by atoms with E-state index >= 15 is 0 Å². The van der Waals surface area contributed by atoms with Gasteiger partial charge in [0.25, 0.3) is 0 Å². The van der Waals surface area contributed by atoms with Crippen molar-refractivity contribution in [1.82, 2.24) is 9.78 Å². The average Bonchev–Trinajstić information content (AvgIpc) is 3.37. The summed E-state index contributed by atoms with van der Waals surface area (Å²) >= 11 is 0. The van der Waals surface area contributed by atoms with Crippen molar-refractivity contribution >= 4 is 15.7 Å². The Morgan fingerprint density at radius 1 is 0.854 bits per heavy atom. The number of halogens is 8. The highest BCUT2D eigenvalue weighted by Crippen LogP contribution is 2.42. The van der Waals surface area contributed by atoms with Crippen LogP contribution in [0.1, 0.15) is 16.7 Å². The SMILES string of the molecule is Cn1nccc1-c1cc(C(F)(F)F)ccc1C1=CCOc2cc(S(=O)(=O)Oc3c(F)c(F)c(F)c(F)c3F)ccc21. The van der Waals surface area contributed by atoms with Gasteiger partial charge in [0.05, 0.1) is 11.3 Å². The largest absolute Gasteiger partial charge is 0.489 e. The number of hydrogen-bond donors (Lipinski definition) is 0. The van der Waals surface area contributed by atoms with E-state index in [0.29, 0.717) is 16.8 Å². The maximum Gasteiger partial charge on any atom is 0.416 e. The number of aromatic nitrogens is 2. The van der Waals surface area contributed by atoms with Gasteiger partial charge in [0.1, 0.15) is 17.3 Å². The zero-order valence-corrected chi connectivity index (χ0v) is 21.2. The van der Waals surface area contributed by atoms with Gasteiger partial charge in [-0.1, -0.05) is 6.07 Å². The van der Waals surface area contributed by atoms with Crippen LogP contribution in [0.4, 0.5) is 35.1 Å². The molecule has 0 amide bonds. The minimum Gasteiger partial charge on any atom is -0.489 e. The van der Waals surface area contributed by atoms with Crippen LogP contribution in [-0.4, -0.2) is 24.8 Å². The smallest absolute Gasteiger partial charge is 0.416 e. The van der Waals surface area contributed by atoms with Crippen LogP contribution in [0.5, 0.6) is 11.5 Å². The Labute approximate surface area is 226 Å². The highest BCUT2D eigenvalue weighted by Gasteiger charge is 2.34. The molecule has 4 aromatic rings. The molecular formula is C26H14F8N2O4S. The molecule has 0 bridgehead atoms. The lowest BCUT2D eigenvalue weighted by atomic mass is 9.89. The van der Waals surface area contributed by atoms with E-state index in [0.717, 1.165) is 24.3 Å². The molecule has 1 aromatic heterocycles. The van der Waals surface area contributed by atoms with Crippen LogP contribution in [0.3, 0.4) is 0 Å². The molecule has 0 aliphatic carbocycles. The third-order valence-electron chi connectivity index (χ3n) is 6.15. The molecule has 15 heteroatoms. The highest BCUT2D eigenvalue weighted by molar-refractivity contribution is 7.87. The Morgan fingerprint density at radius 3 is 2.10 bits per heavy atom. The summed E-state index contributed by atoms with van der Waals surface area (Å²) < 4.78 is 146. The predicted octanol–water partition coefficient (Wildman–Crippen LogP) is 6.39. The summed E-state index contributed by atoms with van der Waals surface area (Å²) in [6, 6.07) is 7.56. The van der Waals surface area contributed by atoms with Crippen molar-refractivity contribution in [3.05, 3.63) is 101 Å². The number of ether oxygens (including phenoxy) is 1. The molecule has 0 unspecified atom stereocenters. The number of aryl methyl sites for hydroxylation is 1. The standard InChI is InChI=1S/C26H14F8N2O4S/c1-36-18(6-8-35-36)17-10-12(26(32,33)34)2-4-14(17)15-7-9-39-19-11-13(3-5-16(15)19)41(37,38)40-25-23(30)21(28)20(27)22(29)24(25)31/h2-8,10-11H,9H2,1H3. The second kappa shape index (κ2) is 9.90. The van der Waals surface area contributed by atoms with Gasteiger partial charge in [0, 0.05) is 30.4 Å². The molecule has 5 rings (SSSR count). The van der Waals surface area contributed by atoms with E-state index in [1.807, 2.05) is 0 Å². The summed E-state index contributed by atoms with van der Waals surface area (Å²) in [5, 5.41) is 4.01. The van der Waals surface area contributed by atoms with Crippen LogP contribution in [0.2, 0.25) is 0 Å². The lowest BCUT2D eigenvalue weighted by Crippen LogP contribution is -2.15. The lowest BCUT2D eigenvalue weighted by molar-refractivity contribution is -0.137. The molecule has 0 atom stereocenters. The first-order valence-electron chi connectivity index (χ1n) is 11.3. The topological polar surface area (TPSA) is 70.4 Å². The fourth-order valence-electron chi connectivity index (χ4n) is 4.20. The minimum atomic E-state index is -5.16. The first-order chi connectivity index (χ1) is 19.2. The molecule has 41 heavy (non-hydrogen) atoms. The second-order valence-corrected chi connectivity index (χ2v) is 10.2. The Kier molecular flexibility index (Phi) is 6.80. The fourth-order valence-corrected chi connectivity index (χ4v) is 5.15. The maximum atomic E-state index is 14.0. The molecular weight excluding hydrogens is 588 g/mol. The molecule has 2 heterocycles. The molecule has 1 aliphatic rings. The number of nitrogens with zero attached hydrogens (tertiary/aromatic N) is 2. The molecule has 3 aromatic carbocycles. The van der Waals surface area contributed by atoms with E-state index in [4.69, 9.17) is 4.74 Å². The van der Waals surface area contributed by atoms with Gasteiger partial charge in [-0.05, 0) is 47.5 Å². The predicted molar refractivity (Wildman–Crippen MR) is 127 cm³/mol. The number of rotatable bonds is 5. The summed E-state index contributed by atoms with van der Waals surface area (Å²) in [6.07, 6.45) is -1.70. The van der Waals surface area contributed by atoms with E-state index < -0.39 is 61.6 Å². The Hall–Kier alpha value is -4.40. The van der Waals surface area contributed by atoms with Crippen LogP contribution >= 0.6 is 0 Å². The van der Waals surface area contributed by atoms with Crippen LogP contribution in [-0.2, 0) is 23.3 Å². The molecule has 0 saturated carbocycles. The summed E-state index contributed by atoms with van der Waals surface area (Å²) in [5.41, 5.74) is 0.493. The Bertz CT molecular complexity index is 1820. The summed E-state index contributed by atoms with van der Waals surface area (Å²) in [4.78, 5) is -0.763. The normalized spacial score (nSPS) is 13.4. The van der Waals surface area contributed by atoms with Crippen LogP contribution in [0.25, 0.3) is 16.8 Å². The van der Waals surface area contributed by atoms with Crippen molar-refractivity contribution in [2.45, 2.75) is 11.1 Å². The molecule has 0 fully saturated rings. The van der Waals surface area contributed by atoms with Gasteiger partial charge in [-0.3, -0.25) is 4.68 Å². The average molecular weight is 602 g/mol. The van der Waals surface area contributed by atoms with Gasteiger partial charge in [0.15, 0.2) is 0 Å². The molecule has 0 spiro atoms. The highest BCUT2D eigenvalue weighted by atomic mass is 32.2. The quantitative estimate of drug-likeness (QED) is 0.115. The molecule has 6 nitrogen and oxygen atoms in total. The van der Waals surface area contributed by atoms with Crippen molar-refractivity contribution in [2.75, 3.05) is 6.61 Å². The Balaban J connectivity index is 1.57. The first kappa shape index (κ1) is 28.1. The summed E-state index contributed by atoms with van der Waals surface area (Å²) in [5.74, 6) is -14.4. The maximum absolute atomic E-state index is 14.0. The van der Waals surface area contributed by atoms with E-state index in [1.165, 1.54) is 36.1 Å². The van der Waals surface area contributed by atoms with Crippen molar-refractivity contribution in [3.8, 4) is 22.8 Å². The first-order valence-corrected chi connectivity index (χ1v) is 12.7. The fraction of sp³-hybridized carbons (Fsp3) is 0.115. The second-order valence-electron chi connectivity index (χ2n) is 8.62. The van der Waals surface area contributed by atoms with Crippen LogP contribution in [0, 0.1) is 29.1 Å². The summed E-state index contributed by atoms with van der Waals surface area (Å²) in [7, 11) is -3.63. The zero-order valence-electron chi connectivity index (χ0n) is 20.4. The van der Waals surface area contributed by atoms with Crippen LogP contribution in [0.15, 0.2) is 59.6 Å². The van der Waals surface area contributed by atoms with Gasteiger partial charge >= 0.3 is 16.3 Å². The Morgan fingerprint density at radius 2 is 1.49 bits per heavy atom. The number of hydrogen-bond acceptors (Lipinski definition) is 5. The molecule has 1 aliphatic heterocycles. The zero-order chi connectivity index (χ0) is 29.9. The van der Waals surface area contributed by atoms with Gasteiger partial charge in [-0.2, -0.15) is 35.5 Å². The minimum absolute atomic E-state index is 0.111. The van der Waals surface area contributed by atoms with Crippen LogP contribution < -0.4 is 8.92 Å². The third-order valence-corrected chi connectivity index (χ3v) is 7.37. The van der Waals surface area contributed by atoms with Crippen molar-refractivity contribution in [2.24, 2.45) is 7.05 Å². The van der Waals surface area contributed by atoms with Crippen molar-refractivity contribution < 1.29 is 52.5 Å². The third kappa shape index (κ3) is 4.90. The molecule has 0 saturated heterocycles.